The van der Waals surface area contributed by atoms with Gasteiger partial charge in [-0.1, -0.05) is 43.2 Å². The zero-order valence-electron chi connectivity index (χ0n) is 26.7. The van der Waals surface area contributed by atoms with E-state index in [4.69, 9.17) is 14.2 Å². The summed E-state index contributed by atoms with van der Waals surface area (Å²) in [6.07, 6.45) is 3.15. The second-order valence-corrected chi connectivity index (χ2v) is 12.5. The number of amides is 2. The number of rotatable bonds is 8. The Morgan fingerprint density at radius 2 is 1.52 bits per heavy atom. The number of carbonyl (C=O) groups excluding carboxylic acids is 2. The molecule has 2 aromatic carbocycles. The van der Waals surface area contributed by atoms with Gasteiger partial charge in [0.05, 0.1) is 6.61 Å². The van der Waals surface area contributed by atoms with E-state index in [1.807, 2.05) is 43.3 Å². The summed E-state index contributed by atoms with van der Waals surface area (Å²) in [7, 11) is 0. The van der Waals surface area contributed by atoms with E-state index in [1.54, 1.807) is 53.7 Å². The number of unbranched alkanes of at least 4 members (excludes halogenated alkanes) is 1. The first-order valence-electron chi connectivity index (χ1n) is 14.7. The molecule has 0 atom stereocenters. The highest BCUT2D eigenvalue weighted by Crippen LogP contribution is 2.36. The molecule has 4 rings (SSSR count). The number of hydrogen-bond donors (Lipinski definition) is 1. The van der Waals surface area contributed by atoms with Crippen molar-refractivity contribution in [2.45, 2.75) is 79.4 Å². The zero-order chi connectivity index (χ0) is 32.1. The van der Waals surface area contributed by atoms with Crippen molar-refractivity contribution in [3.8, 4) is 17.0 Å². The molecule has 44 heavy (non-hydrogen) atoms. The highest BCUT2D eigenvalue weighted by Gasteiger charge is 2.34. The van der Waals surface area contributed by atoms with Crippen LogP contribution in [0.2, 0.25) is 0 Å². The van der Waals surface area contributed by atoms with Crippen LogP contribution in [0.15, 0.2) is 61.1 Å². The van der Waals surface area contributed by atoms with Crippen LogP contribution in [0.3, 0.4) is 0 Å². The Kier molecular flexibility index (Phi) is 9.71. The summed E-state index contributed by atoms with van der Waals surface area (Å²) in [5.41, 5.74) is 1.79. The smallest absolute Gasteiger partial charge is 0.425 e. The molecule has 1 N–H and O–H groups in total. The van der Waals surface area contributed by atoms with Crippen molar-refractivity contribution < 1.29 is 23.8 Å². The largest absolute Gasteiger partial charge is 0.488 e. The Balaban J connectivity index is 1.74. The second-order valence-electron chi connectivity index (χ2n) is 12.5. The van der Waals surface area contributed by atoms with Gasteiger partial charge in [-0.2, -0.15) is 4.90 Å². The number of hydrogen-bond acceptors (Lipinski definition) is 9. The van der Waals surface area contributed by atoms with Gasteiger partial charge >= 0.3 is 12.2 Å². The molecule has 10 heteroatoms. The second kappa shape index (κ2) is 13.3. The lowest BCUT2D eigenvalue weighted by molar-refractivity contribution is 0.0429. The van der Waals surface area contributed by atoms with Gasteiger partial charge in [0.25, 0.3) is 0 Å². The fourth-order valence-electron chi connectivity index (χ4n) is 4.25. The maximum Gasteiger partial charge on any atom is 0.425 e. The van der Waals surface area contributed by atoms with Gasteiger partial charge in [-0.3, -0.25) is 0 Å². The summed E-state index contributed by atoms with van der Waals surface area (Å²) in [5.74, 6) is 1.18. The molecule has 232 valence electrons. The zero-order valence-corrected chi connectivity index (χ0v) is 26.7. The van der Waals surface area contributed by atoms with Crippen LogP contribution in [-0.2, 0) is 9.47 Å². The van der Waals surface area contributed by atoms with Gasteiger partial charge in [-0.05, 0) is 84.5 Å². The van der Waals surface area contributed by atoms with E-state index in [0.29, 0.717) is 34.9 Å². The van der Waals surface area contributed by atoms with Crippen LogP contribution >= 0.6 is 0 Å². The van der Waals surface area contributed by atoms with Crippen molar-refractivity contribution in [1.29, 1.82) is 0 Å². The van der Waals surface area contributed by atoms with Crippen molar-refractivity contribution in [3.63, 3.8) is 0 Å². The molecule has 2 heterocycles. The third-order valence-corrected chi connectivity index (χ3v) is 6.24. The van der Waals surface area contributed by atoms with Gasteiger partial charge < -0.3 is 19.5 Å². The van der Waals surface area contributed by atoms with Gasteiger partial charge in [0.15, 0.2) is 17.4 Å². The molecule has 0 saturated heterocycles. The lowest BCUT2D eigenvalue weighted by Crippen LogP contribution is -2.44. The van der Waals surface area contributed by atoms with Crippen LogP contribution in [0.25, 0.3) is 22.0 Å². The number of carbonyl (C=O) groups is 2. The monoisotopic (exact) mass is 599 g/mol. The molecule has 0 fully saturated rings. The molecule has 2 amide bonds. The van der Waals surface area contributed by atoms with E-state index < -0.39 is 23.4 Å². The van der Waals surface area contributed by atoms with E-state index in [0.717, 1.165) is 34.3 Å². The van der Waals surface area contributed by atoms with Gasteiger partial charge in [-0.25, -0.2) is 24.5 Å². The number of nitrogens with zero attached hydrogens (tertiary/aromatic N) is 4. The molecule has 0 unspecified atom stereocenters. The predicted molar refractivity (Wildman–Crippen MR) is 173 cm³/mol. The van der Waals surface area contributed by atoms with E-state index >= 15 is 0 Å². The standard InChI is InChI=1S/C34H41N5O5/c1-9-10-19-42-28-27(23-13-11-22(2)12-14-23)36-21-37-29(28)38-25-15-16-26-24(20-25)17-18-35-30(26)39(31(40)43-33(3,4)5)32(41)44-34(6,7)8/h11-18,20-21H,9-10,19H2,1-8H3,(H,36,37,38). The van der Waals surface area contributed by atoms with Gasteiger partial charge in [-0.15, -0.1) is 0 Å². The topological polar surface area (TPSA) is 116 Å². The molecule has 10 nitrogen and oxygen atoms in total. The first-order valence-corrected chi connectivity index (χ1v) is 14.7. The Bertz CT molecular complexity index is 1600. The molecule has 2 aromatic heterocycles. The van der Waals surface area contributed by atoms with Gasteiger partial charge in [0, 0.05) is 22.8 Å². The van der Waals surface area contributed by atoms with Crippen molar-refractivity contribution in [3.05, 3.63) is 66.6 Å². The van der Waals surface area contributed by atoms with Gasteiger partial charge in [0.1, 0.15) is 23.2 Å². The number of aromatic nitrogens is 3. The number of pyridine rings is 1. The van der Waals surface area contributed by atoms with Crippen LogP contribution in [-0.4, -0.2) is 44.9 Å². The van der Waals surface area contributed by atoms with Gasteiger partial charge in [0.2, 0.25) is 0 Å². The van der Waals surface area contributed by atoms with Crippen LogP contribution < -0.4 is 15.0 Å². The summed E-state index contributed by atoms with van der Waals surface area (Å²) >= 11 is 0. The Labute approximate surface area is 258 Å². The summed E-state index contributed by atoms with van der Waals surface area (Å²) in [6, 6.07) is 15.4. The number of nitrogens with one attached hydrogen (secondary N) is 1. The average molecular weight is 600 g/mol. The SMILES string of the molecule is CCCCOc1c(Nc2ccc3c(N(C(=O)OC(C)(C)C)C(=O)OC(C)(C)C)nccc3c2)ncnc1-c1ccc(C)cc1. The van der Waals surface area contributed by atoms with Crippen molar-refractivity contribution in [1.82, 2.24) is 15.0 Å². The van der Waals surface area contributed by atoms with Crippen molar-refractivity contribution in [2.75, 3.05) is 16.8 Å². The summed E-state index contributed by atoms with van der Waals surface area (Å²) in [6.45, 7) is 15.0. The Morgan fingerprint density at radius 3 is 2.14 bits per heavy atom. The van der Waals surface area contributed by atoms with E-state index in [1.165, 1.54) is 12.5 Å². The lowest BCUT2D eigenvalue weighted by Gasteiger charge is -2.28. The Morgan fingerprint density at radius 1 is 0.864 bits per heavy atom. The normalized spacial score (nSPS) is 11.6. The van der Waals surface area contributed by atoms with Crippen molar-refractivity contribution >= 4 is 40.3 Å². The molecule has 4 aromatic rings. The maximum absolute atomic E-state index is 13.3. The summed E-state index contributed by atoms with van der Waals surface area (Å²) in [5, 5.41) is 4.65. The highest BCUT2D eigenvalue weighted by molar-refractivity contribution is 6.14. The third kappa shape index (κ3) is 8.21. The minimum atomic E-state index is -0.882. The minimum Gasteiger partial charge on any atom is -0.488 e. The summed E-state index contributed by atoms with van der Waals surface area (Å²) in [4.78, 5) is 40.8. The van der Waals surface area contributed by atoms with E-state index in [9.17, 15) is 9.59 Å². The fourth-order valence-corrected chi connectivity index (χ4v) is 4.25. The molecule has 0 aliphatic rings. The quantitative estimate of drug-likeness (QED) is 0.199. The molecule has 0 spiro atoms. The molecule has 0 bridgehead atoms. The third-order valence-electron chi connectivity index (χ3n) is 6.24. The molecule has 0 radical (unpaired) electrons. The highest BCUT2D eigenvalue weighted by atomic mass is 16.6. The number of aryl methyl sites for hydroxylation is 1. The van der Waals surface area contributed by atoms with Crippen LogP contribution in [0.1, 0.15) is 66.9 Å². The number of anilines is 3. The number of fused-ring (bicyclic) bond motifs is 1. The first kappa shape index (κ1) is 32.2. The number of imide groups is 1. The predicted octanol–water partition coefficient (Wildman–Crippen LogP) is 8.60. The molecule has 0 saturated carbocycles. The van der Waals surface area contributed by atoms with E-state index in [-0.39, 0.29) is 5.82 Å². The summed E-state index contributed by atoms with van der Waals surface area (Å²) < 4.78 is 17.3. The number of benzene rings is 2. The maximum atomic E-state index is 13.3. The molecular weight excluding hydrogens is 558 g/mol. The number of ether oxygens (including phenoxy) is 3. The average Bonchev–Trinajstić information content (AvgIpc) is 2.92. The Hall–Kier alpha value is -4.73. The van der Waals surface area contributed by atoms with E-state index in [2.05, 4.69) is 27.2 Å². The minimum absolute atomic E-state index is 0.102. The molecule has 0 aliphatic heterocycles. The van der Waals surface area contributed by atoms with Crippen LogP contribution in [0.4, 0.5) is 26.9 Å². The fraction of sp³-hybridized carbons (Fsp3) is 0.382. The molecule has 0 aliphatic carbocycles. The molecular formula is C34H41N5O5. The van der Waals surface area contributed by atoms with Crippen LogP contribution in [0.5, 0.6) is 5.75 Å². The lowest BCUT2D eigenvalue weighted by atomic mass is 10.1. The van der Waals surface area contributed by atoms with Crippen LogP contribution in [0, 0.1) is 6.92 Å². The van der Waals surface area contributed by atoms with Crippen molar-refractivity contribution in [2.24, 2.45) is 0 Å². The first-order chi connectivity index (χ1) is 20.8.